The van der Waals surface area contributed by atoms with E-state index in [0.717, 1.165) is 6.42 Å². The van der Waals surface area contributed by atoms with E-state index in [1.165, 1.54) is 32.9 Å². The molecule has 1 atom stereocenters. The van der Waals surface area contributed by atoms with Crippen LogP contribution in [0.4, 0.5) is 0 Å². The van der Waals surface area contributed by atoms with E-state index in [4.69, 9.17) is 0 Å². The van der Waals surface area contributed by atoms with Gasteiger partial charge in [0.1, 0.15) is 0 Å². The molecule has 25 heavy (non-hydrogen) atoms. The molecule has 1 heteroatoms. The minimum atomic E-state index is 0.204. The van der Waals surface area contributed by atoms with Gasteiger partial charge in [0.2, 0.25) is 0 Å². The Balaban J connectivity index is 1.80. The van der Waals surface area contributed by atoms with Crippen molar-refractivity contribution in [3.05, 3.63) is 84.9 Å². The molecule has 0 saturated carbocycles. The van der Waals surface area contributed by atoms with Crippen LogP contribution < -0.4 is 0 Å². The van der Waals surface area contributed by atoms with Gasteiger partial charge in [-0.2, -0.15) is 0 Å². The molecular formula is C24H17N. The zero-order chi connectivity index (χ0) is 16.6. The fraction of sp³-hybridized carbons (Fsp3) is 0.0833. The lowest BCUT2D eigenvalue weighted by Crippen LogP contribution is -2.07. The van der Waals surface area contributed by atoms with Crippen LogP contribution in [0.25, 0.3) is 32.9 Å². The SMILES string of the molecule is C1#C[C@H](n2c3ccccc3c3cc(-c4ccccc4)ccc32)CC=C1. The minimum Gasteiger partial charge on any atom is -0.326 e. The molecular weight excluding hydrogens is 302 g/mol. The van der Waals surface area contributed by atoms with Gasteiger partial charge < -0.3 is 4.57 Å². The maximum Gasteiger partial charge on any atom is 0.0991 e. The third kappa shape index (κ3) is 2.27. The summed E-state index contributed by atoms with van der Waals surface area (Å²) in [5, 5.41) is 2.60. The highest BCUT2D eigenvalue weighted by molar-refractivity contribution is 6.09. The first-order chi connectivity index (χ1) is 12.4. The van der Waals surface area contributed by atoms with Gasteiger partial charge in [-0.05, 0) is 41.8 Å². The van der Waals surface area contributed by atoms with Crippen molar-refractivity contribution in [1.82, 2.24) is 4.57 Å². The summed E-state index contributed by atoms with van der Waals surface area (Å²) in [6.07, 6.45) is 5.08. The number of hydrogen-bond donors (Lipinski definition) is 0. The number of benzene rings is 3. The van der Waals surface area contributed by atoms with Crippen molar-refractivity contribution in [3.63, 3.8) is 0 Å². The number of allylic oxidation sites excluding steroid dienone is 2. The summed E-state index contributed by atoms with van der Waals surface area (Å²) < 4.78 is 2.40. The Morgan fingerprint density at radius 1 is 0.760 bits per heavy atom. The highest BCUT2D eigenvalue weighted by atomic mass is 15.0. The van der Waals surface area contributed by atoms with E-state index in [0.29, 0.717) is 0 Å². The van der Waals surface area contributed by atoms with Crippen LogP contribution in [0.3, 0.4) is 0 Å². The molecule has 0 bridgehead atoms. The summed E-state index contributed by atoms with van der Waals surface area (Å²) in [6, 6.07) is 26.2. The Hall–Kier alpha value is -3.24. The average Bonchev–Trinajstić information content (AvgIpc) is 3.03. The van der Waals surface area contributed by atoms with Crippen molar-refractivity contribution < 1.29 is 0 Å². The van der Waals surface area contributed by atoms with Crippen LogP contribution >= 0.6 is 0 Å². The van der Waals surface area contributed by atoms with Crippen molar-refractivity contribution in [2.45, 2.75) is 12.5 Å². The zero-order valence-corrected chi connectivity index (χ0v) is 13.8. The predicted molar refractivity (Wildman–Crippen MR) is 105 cm³/mol. The smallest absolute Gasteiger partial charge is 0.0991 e. The molecule has 4 aromatic rings. The monoisotopic (exact) mass is 319 g/mol. The van der Waals surface area contributed by atoms with Crippen LogP contribution in [0, 0.1) is 11.8 Å². The highest BCUT2D eigenvalue weighted by Gasteiger charge is 2.17. The van der Waals surface area contributed by atoms with E-state index < -0.39 is 0 Å². The quantitative estimate of drug-likeness (QED) is 0.401. The van der Waals surface area contributed by atoms with Crippen molar-refractivity contribution in [3.8, 4) is 23.0 Å². The summed E-state index contributed by atoms with van der Waals surface area (Å²) in [4.78, 5) is 0. The summed E-state index contributed by atoms with van der Waals surface area (Å²) >= 11 is 0. The molecule has 0 amide bonds. The Morgan fingerprint density at radius 2 is 1.56 bits per heavy atom. The fourth-order valence-corrected chi connectivity index (χ4v) is 3.78. The van der Waals surface area contributed by atoms with Gasteiger partial charge in [-0.3, -0.25) is 0 Å². The number of para-hydroxylation sites is 1. The van der Waals surface area contributed by atoms with Gasteiger partial charge in [0.05, 0.1) is 17.1 Å². The molecule has 0 fully saturated rings. The number of aromatic nitrogens is 1. The third-order valence-electron chi connectivity index (χ3n) is 4.94. The normalized spacial score (nSPS) is 16.1. The average molecular weight is 319 g/mol. The lowest BCUT2D eigenvalue weighted by molar-refractivity contribution is 0.671. The fourth-order valence-electron chi connectivity index (χ4n) is 3.78. The van der Waals surface area contributed by atoms with Gasteiger partial charge in [0, 0.05) is 10.8 Å². The van der Waals surface area contributed by atoms with Crippen LogP contribution in [-0.4, -0.2) is 4.57 Å². The number of fused-ring (bicyclic) bond motifs is 3. The summed E-state index contributed by atoms with van der Waals surface area (Å²) in [5.74, 6) is 6.52. The van der Waals surface area contributed by atoms with E-state index in [1.807, 2.05) is 6.08 Å². The minimum absolute atomic E-state index is 0.204. The summed E-state index contributed by atoms with van der Waals surface area (Å²) in [6.45, 7) is 0. The number of hydrogen-bond acceptors (Lipinski definition) is 0. The van der Waals surface area contributed by atoms with Crippen LogP contribution in [-0.2, 0) is 0 Å². The van der Waals surface area contributed by atoms with Gasteiger partial charge in [-0.1, -0.05) is 72.5 Å². The Morgan fingerprint density at radius 3 is 2.40 bits per heavy atom. The largest absolute Gasteiger partial charge is 0.326 e. The molecule has 0 aliphatic heterocycles. The highest BCUT2D eigenvalue weighted by Crippen LogP contribution is 2.35. The second-order valence-electron chi connectivity index (χ2n) is 6.43. The topological polar surface area (TPSA) is 4.93 Å². The van der Waals surface area contributed by atoms with Gasteiger partial charge >= 0.3 is 0 Å². The molecule has 1 nitrogen and oxygen atoms in total. The van der Waals surface area contributed by atoms with Gasteiger partial charge in [0.25, 0.3) is 0 Å². The maximum absolute atomic E-state index is 3.38. The van der Waals surface area contributed by atoms with E-state index in [-0.39, 0.29) is 6.04 Å². The van der Waals surface area contributed by atoms with Gasteiger partial charge in [-0.15, -0.1) is 0 Å². The lowest BCUT2D eigenvalue weighted by atomic mass is 10.0. The molecule has 0 spiro atoms. The molecule has 3 aromatic carbocycles. The second kappa shape index (κ2) is 5.69. The first-order valence-corrected chi connectivity index (χ1v) is 8.66. The van der Waals surface area contributed by atoms with Gasteiger partial charge in [0.15, 0.2) is 0 Å². The molecule has 0 unspecified atom stereocenters. The van der Waals surface area contributed by atoms with Crippen LogP contribution in [0.1, 0.15) is 12.5 Å². The molecule has 0 saturated heterocycles. The van der Waals surface area contributed by atoms with Crippen molar-refractivity contribution >= 4 is 21.8 Å². The molecule has 1 aliphatic rings. The standard InChI is InChI=1S/C24H17N/c1-3-9-18(10-4-1)19-15-16-24-22(17-19)21-13-7-8-14-23(21)25(24)20-11-5-2-6-12-20/h1-5,7-10,13-17,20H,11H2/t20-/m1/s1. The Kier molecular flexibility index (Phi) is 3.21. The molecule has 0 radical (unpaired) electrons. The molecule has 1 heterocycles. The molecule has 5 rings (SSSR count). The first-order valence-electron chi connectivity index (χ1n) is 8.66. The molecule has 118 valence electrons. The maximum atomic E-state index is 3.38. The Labute approximate surface area is 147 Å². The lowest BCUT2D eigenvalue weighted by Gasteiger charge is -2.16. The van der Waals surface area contributed by atoms with Crippen LogP contribution in [0.5, 0.6) is 0 Å². The van der Waals surface area contributed by atoms with E-state index >= 15 is 0 Å². The second-order valence-corrected chi connectivity index (χ2v) is 6.43. The van der Waals surface area contributed by atoms with Gasteiger partial charge in [-0.25, -0.2) is 0 Å². The number of nitrogens with zero attached hydrogens (tertiary/aromatic N) is 1. The van der Waals surface area contributed by atoms with Crippen LogP contribution in [0.15, 0.2) is 84.9 Å². The Bertz CT molecular complexity index is 1170. The van der Waals surface area contributed by atoms with Crippen LogP contribution in [0.2, 0.25) is 0 Å². The van der Waals surface area contributed by atoms with E-state index in [9.17, 15) is 0 Å². The summed E-state index contributed by atoms with van der Waals surface area (Å²) in [5.41, 5.74) is 5.03. The first kappa shape index (κ1) is 14.1. The predicted octanol–water partition coefficient (Wildman–Crippen LogP) is 5.97. The van der Waals surface area contributed by atoms with E-state index in [2.05, 4.69) is 95.3 Å². The molecule has 0 N–H and O–H groups in total. The van der Waals surface area contributed by atoms with Crippen molar-refractivity contribution in [2.24, 2.45) is 0 Å². The molecule has 1 aliphatic carbocycles. The van der Waals surface area contributed by atoms with Crippen molar-refractivity contribution in [1.29, 1.82) is 0 Å². The van der Waals surface area contributed by atoms with E-state index in [1.54, 1.807) is 0 Å². The van der Waals surface area contributed by atoms with Crippen molar-refractivity contribution in [2.75, 3.05) is 0 Å². The summed E-state index contributed by atoms with van der Waals surface area (Å²) in [7, 11) is 0. The number of rotatable bonds is 2. The zero-order valence-electron chi connectivity index (χ0n) is 13.8. The molecule has 1 aromatic heterocycles. The third-order valence-corrected chi connectivity index (χ3v) is 4.94.